The molecular weight excluding hydrogens is 338 g/mol. The normalized spacial score (nSPS) is 25.4. The van der Waals surface area contributed by atoms with Crippen molar-refractivity contribution >= 4 is 5.91 Å². The zero-order valence-corrected chi connectivity index (χ0v) is 15.8. The van der Waals surface area contributed by atoms with E-state index in [0.29, 0.717) is 17.9 Å². The average molecular weight is 365 g/mol. The first-order valence-electron chi connectivity index (χ1n) is 9.71. The second-order valence-corrected chi connectivity index (χ2v) is 7.60. The molecule has 0 saturated carbocycles. The molecule has 1 amide bonds. The predicted octanol–water partition coefficient (Wildman–Crippen LogP) is 2.54. The summed E-state index contributed by atoms with van der Waals surface area (Å²) in [5.41, 5.74) is 2.63. The Morgan fingerprint density at radius 2 is 2.04 bits per heavy atom. The maximum absolute atomic E-state index is 12.4. The minimum Gasteiger partial charge on any atom is -0.375 e. The molecule has 3 atom stereocenters. The molecule has 4 rings (SSSR count). The summed E-state index contributed by atoms with van der Waals surface area (Å²) in [5.74, 6) is 0.945. The number of benzene rings is 1. The molecule has 2 aromatic rings. The van der Waals surface area contributed by atoms with Gasteiger partial charge in [-0.15, -0.1) is 0 Å². The Hall–Kier alpha value is -2.24. The SMILES string of the molecule is COCC(=O)N1CC[C@@H]2[C@H](C1)[C@@H](c1cccnc1)CN2Cc1ccccc1. The van der Waals surface area contributed by atoms with Crippen LogP contribution in [0.3, 0.4) is 0 Å². The summed E-state index contributed by atoms with van der Waals surface area (Å²) >= 11 is 0. The fourth-order valence-corrected chi connectivity index (χ4v) is 4.73. The van der Waals surface area contributed by atoms with Gasteiger partial charge in [-0.3, -0.25) is 14.7 Å². The van der Waals surface area contributed by atoms with E-state index in [-0.39, 0.29) is 12.5 Å². The molecule has 27 heavy (non-hydrogen) atoms. The Labute approximate surface area is 161 Å². The van der Waals surface area contributed by atoms with Gasteiger partial charge < -0.3 is 9.64 Å². The lowest BCUT2D eigenvalue weighted by Gasteiger charge is -2.39. The molecule has 3 heterocycles. The van der Waals surface area contributed by atoms with Crippen LogP contribution in [-0.2, 0) is 16.1 Å². The number of carbonyl (C=O) groups excluding carboxylic acids is 1. The highest BCUT2D eigenvalue weighted by molar-refractivity contribution is 5.77. The molecule has 0 unspecified atom stereocenters. The van der Waals surface area contributed by atoms with Crippen LogP contribution in [0.2, 0.25) is 0 Å². The van der Waals surface area contributed by atoms with Gasteiger partial charge in [-0.2, -0.15) is 0 Å². The highest BCUT2D eigenvalue weighted by atomic mass is 16.5. The van der Waals surface area contributed by atoms with Crippen LogP contribution in [0.15, 0.2) is 54.9 Å². The molecule has 0 N–H and O–H groups in total. The maximum atomic E-state index is 12.4. The Bertz CT molecular complexity index is 753. The van der Waals surface area contributed by atoms with Crippen molar-refractivity contribution in [3.63, 3.8) is 0 Å². The first-order valence-corrected chi connectivity index (χ1v) is 9.71. The molecule has 2 fully saturated rings. The van der Waals surface area contributed by atoms with Crippen molar-refractivity contribution in [3.05, 3.63) is 66.0 Å². The summed E-state index contributed by atoms with van der Waals surface area (Å²) in [6, 6.07) is 15.4. The number of hydrogen-bond donors (Lipinski definition) is 0. The van der Waals surface area contributed by atoms with Crippen LogP contribution in [0.5, 0.6) is 0 Å². The number of aromatic nitrogens is 1. The minimum atomic E-state index is 0.0994. The number of nitrogens with zero attached hydrogens (tertiary/aromatic N) is 3. The zero-order chi connectivity index (χ0) is 18.6. The summed E-state index contributed by atoms with van der Waals surface area (Å²) in [7, 11) is 1.58. The van der Waals surface area contributed by atoms with E-state index < -0.39 is 0 Å². The number of methoxy groups -OCH3 is 1. The molecule has 5 heteroatoms. The van der Waals surface area contributed by atoms with Crippen molar-refractivity contribution in [1.82, 2.24) is 14.8 Å². The topological polar surface area (TPSA) is 45.7 Å². The number of fused-ring (bicyclic) bond motifs is 1. The van der Waals surface area contributed by atoms with Crippen LogP contribution in [0.25, 0.3) is 0 Å². The number of hydrogen-bond acceptors (Lipinski definition) is 4. The molecule has 1 aromatic heterocycles. The van der Waals surface area contributed by atoms with Gasteiger partial charge in [-0.05, 0) is 23.6 Å². The highest BCUT2D eigenvalue weighted by Gasteiger charge is 2.45. The number of amides is 1. The van der Waals surface area contributed by atoms with Gasteiger partial charge in [-0.25, -0.2) is 0 Å². The van der Waals surface area contributed by atoms with Gasteiger partial charge in [0.2, 0.25) is 5.91 Å². The fourth-order valence-electron chi connectivity index (χ4n) is 4.73. The van der Waals surface area contributed by atoms with Crippen LogP contribution in [0.4, 0.5) is 0 Å². The standard InChI is InChI=1S/C22H27N3O2/c1-27-16-22(26)24-11-9-21-20(15-24)19(18-8-5-10-23-12-18)14-25(21)13-17-6-3-2-4-7-17/h2-8,10,12,19-21H,9,11,13-16H2,1H3/t19-,20-,21-/m1/s1. The molecule has 0 bridgehead atoms. The van der Waals surface area contributed by atoms with Crippen molar-refractivity contribution in [1.29, 1.82) is 0 Å². The number of ether oxygens (including phenoxy) is 1. The summed E-state index contributed by atoms with van der Waals surface area (Å²) in [5, 5.41) is 0. The van der Waals surface area contributed by atoms with Crippen LogP contribution >= 0.6 is 0 Å². The van der Waals surface area contributed by atoms with Gasteiger partial charge in [-0.1, -0.05) is 36.4 Å². The summed E-state index contributed by atoms with van der Waals surface area (Å²) < 4.78 is 5.07. The second-order valence-electron chi connectivity index (χ2n) is 7.60. The van der Waals surface area contributed by atoms with E-state index in [9.17, 15) is 4.79 Å². The van der Waals surface area contributed by atoms with E-state index in [1.54, 1.807) is 7.11 Å². The molecule has 0 spiro atoms. The number of piperidine rings is 1. The van der Waals surface area contributed by atoms with Crippen LogP contribution in [-0.4, -0.2) is 60.1 Å². The Morgan fingerprint density at radius 3 is 2.78 bits per heavy atom. The van der Waals surface area contributed by atoms with E-state index in [1.165, 1.54) is 11.1 Å². The van der Waals surface area contributed by atoms with Crippen molar-refractivity contribution < 1.29 is 9.53 Å². The minimum absolute atomic E-state index is 0.0994. The smallest absolute Gasteiger partial charge is 0.248 e. The maximum Gasteiger partial charge on any atom is 0.248 e. The number of carbonyl (C=O) groups is 1. The first kappa shape index (κ1) is 18.1. The molecule has 0 aliphatic carbocycles. The van der Waals surface area contributed by atoms with Crippen molar-refractivity contribution in [2.75, 3.05) is 33.4 Å². The fraction of sp³-hybridized carbons (Fsp3) is 0.455. The predicted molar refractivity (Wildman–Crippen MR) is 104 cm³/mol. The van der Waals surface area contributed by atoms with E-state index >= 15 is 0 Å². The van der Waals surface area contributed by atoms with Crippen LogP contribution in [0.1, 0.15) is 23.5 Å². The Balaban J connectivity index is 1.56. The average Bonchev–Trinajstić information content (AvgIpc) is 3.07. The number of rotatable bonds is 5. The summed E-state index contributed by atoms with van der Waals surface area (Å²) in [6.07, 6.45) is 4.83. The molecule has 2 aliphatic rings. The number of likely N-dealkylation sites (tertiary alicyclic amines) is 2. The quantitative estimate of drug-likeness (QED) is 0.817. The largest absolute Gasteiger partial charge is 0.375 e. The lowest BCUT2D eigenvalue weighted by Crippen LogP contribution is -2.49. The summed E-state index contributed by atoms with van der Waals surface area (Å²) in [6.45, 7) is 3.77. The molecule has 2 saturated heterocycles. The van der Waals surface area contributed by atoms with Gasteiger partial charge >= 0.3 is 0 Å². The van der Waals surface area contributed by atoms with Crippen molar-refractivity contribution in [2.45, 2.75) is 24.9 Å². The lowest BCUT2D eigenvalue weighted by molar-refractivity contribution is -0.137. The molecule has 5 nitrogen and oxygen atoms in total. The van der Waals surface area contributed by atoms with Crippen LogP contribution in [0, 0.1) is 5.92 Å². The van der Waals surface area contributed by atoms with Gasteiger partial charge in [0.05, 0.1) is 0 Å². The first-order chi connectivity index (χ1) is 13.3. The Morgan fingerprint density at radius 1 is 1.19 bits per heavy atom. The van der Waals surface area contributed by atoms with Gasteiger partial charge in [0.25, 0.3) is 0 Å². The molecular formula is C22H27N3O2. The Kier molecular flexibility index (Phi) is 5.50. The zero-order valence-electron chi connectivity index (χ0n) is 15.8. The molecule has 2 aliphatic heterocycles. The third-order valence-electron chi connectivity index (χ3n) is 6.00. The third kappa shape index (κ3) is 3.89. The molecule has 142 valence electrons. The van der Waals surface area contributed by atoms with Crippen LogP contribution < -0.4 is 0 Å². The van der Waals surface area contributed by atoms with Gasteiger partial charge in [0.15, 0.2) is 0 Å². The van der Waals surface area contributed by atoms with Crippen molar-refractivity contribution in [2.24, 2.45) is 5.92 Å². The number of pyridine rings is 1. The van der Waals surface area contributed by atoms with Crippen molar-refractivity contribution in [3.8, 4) is 0 Å². The lowest BCUT2D eigenvalue weighted by atomic mass is 9.82. The summed E-state index contributed by atoms with van der Waals surface area (Å²) in [4.78, 5) is 21.3. The highest BCUT2D eigenvalue weighted by Crippen LogP contribution is 2.41. The van der Waals surface area contributed by atoms with E-state index in [0.717, 1.165) is 32.6 Å². The van der Waals surface area contributed by atoms with Gasteiger partial charge in [0, 0.05) is 63.6 Å². The van der Waals surface area contributed by atoms with E-state index in [1.807, 2.05) is 23.4 Å². The van der Waals surface area contributed by atoms with Gasteiger partial charge in [0.1, 0.15) is 6.61 Å². The second kappa shape index (κ2) is 8.19. The molecule has 0 radical (unpaired) electrons. The van der Waals surface area contributed by atoms with E-state index in [4.69, 9.17) is 4.74 Å². The monoisotopic (exact) mass is 365 g/mol. The molecule has 1 aromatic carbocycles. The van der Waals surface area contributed by atoms with E-state index in [2.05, 4.69) is 46.3 Å². The third-order valence-corrected chi connectivity index (χ3v) is 6.00.